The lowest BCUT2D eigenvalue weighted by molar-refractivity contribution is 0.351. The van der Waals surface area contributed by atoms with E-state index in [1.165, 1.54) is 36.3 Å². The molecule has 2 aliphatic rings. The number of aromatic nitrogens is 1. The molecule has 1 N–H and O–H groups in total. The fourth-order valence-electron chi connectivity index (χ4n) is 2.92. The fraction of sp³-hybridized carbons (Fsp3) is 0.643. The first-order chi connectivity index (χ1) is 8.14. The highest BCUT2D eigenvalue weighted by atomic mass is 15.3. The maximum Gasteiger partial charge on any atom is 0.128 e. The Morgan fingerprint density at radius 2 is 2.18 bits per heavy atom. The van der Waals surface area contributed by atoms with Gasteiger partial charge in [0.25, 0.3) is 0 Å². The third kappa shape index (κ3) is 2.16. The Morgan fingerprint density at radius 3 is 3.00 bits per heavy atom. The van der Waals surface area contributed by atoms with Gasteiger partial charge >= 0.3 is 0 Å². The van der Waals surface area contributed by atoms with Gasteiger partial charge in [0.05, 0.1) is 0 Å². The van der Waals surface area contributed by atoms with Gasteiger partial charge in [-0.1, -0.05) is 6.07 Å². The Labute approximate surface area is 103 Å². The Morgan fingerprint density at radius 1 is 1.29 bits per heavy atom. The predicted octanol–water partition coefficient (Wildman–Crippen LogP) is 1.76. The van der Waals surface area contributed by atoms with Crippen molar-refractivity contribution in [3.05, 3.63) is 23.4 Å². The van der Waals surface area contributed by atoms with Gasteiger partial charge in [-0.15, -0.1) is 0 Å². The van der Waals surface area contributed by atoms with E-state index in [1.807, 2.05) is 0 Å². The monoisotopic (exact) mass is 231 g/mol. The summed E-state index contributed by atoms with van der Waals surface area (Å²) in [4.78, 5) is 7.25. The zero-order valence-electron chi connectivity index (χ0n) is 10.8. The van der Waals surface area contributed by atoms with E-state index in [0.717, 1.165) is 19.6 Å². The van der Waals surface area contributed by atoms with Gasteiger partial charge in [0.2, 0.25) is 0 Å². The average Bonchev–Trinajstić information content (AvgIpc) is 2.74. The minimum Gasteiger partial charge on any atom is -0.354 e. The number of nitrogens with zero attached hydrogens (tertiary/aromatic N) is 2. The number of piperazine rings is 1. The molecule has 1 saturated heterocycles. The molecule has 0 spiro atoms. The van der Waals surface area contributed by atoms with Gasteiger partial charge < -0.3 is 10.2 Å². The van der Waals surface area contributed by atoms with E-state index in [9.17, 15) is 0 Å². The molecule has 17 heavy (non-hydrogen) atoms. The van der Waals surface area contributed by atoms with E-state index in [2.05, 4.69) is 36.2 Å². The van der Waals surface area contributed by atoms with E-state index in [-0.39, 0.29) is 5.54 Å². The second-order valence-electron chi connectivity index (χ2n) is 5.86. The molecule has 0 amide bonds. The van der Waals surface area contributed by atoms with Crippen molar-refractivity contribution in [2.75, 3.05) is 24.5 Å². The van der Waals surface area contributed by atoms with Crippen LogP contribution in [0.4, 0.5) is 5.82 Å². The Bertz CT molecular complexity index is 425. The van der Waals surface area contributed by atoms with Crippen LogP contribution in [0.5, 0.6) is 0 Å². The summed E-state index contributed by atoms with van der Waals surface area (Å²) in [5.74, 6) is 1.17. The zero-order chi connectivity index (χ0) is 11.9. The molecule has 2 heterocycles. The highest BCUT2D eigenvalue weighted by Gasteiger charge is 2.26. The van der Waals surface area contributed by atoms with Gasteiger partial charge in [-0.05, 0) is 44.7 Å². The summed E-state index contributed by atoms with van der Waals surface area (Å²) >= 11 is 0. The largest absolute Gasteiger partial charge is 0.354 e. The van der Waals surface area contributed by atoms with E-state index in [4.69, 9.17) is 4.98 Å². The topological polar surface area (TPSA) is 28.2 Å². The number of nitrogens with one attached hydrogen (secondary N) is 1. The van der Waals surface area contributed by atoms with E-state index in [1.54, 1.807) is 0 Å². The molecule has 3 heteroatoms. The first-order valence-electron chi connectivity index (χ1n) is 6.63. The van der Waals surface area contributed by atoms with Gasteiger partial charge in [-0.3, -0.25) is 0 Å². The summed E-state index contributed by atoms with van der Waals surface area (Å²) in [5.41, 5.74) is 2.99. The predicted molar refractivity (Wildman–Crippen MR) is 70.6 cm³/mol. The number of anilines is 1. The summed E-state index contributed by atoms with van der Waals surface area (Å²) in [6, 6.07) is 4.48. The number of hydrogen-bond donors (Lipinski definition) is 1. The van der Waals surface area contributed by atoms with Crippen LogP contribution in [0.15, 0.2) is 12.1 Å². The molecule has 0 atom stereocenters. The van der Waals surface area contributed by atoms with Crippen molar-refractivity contribution < 1.29 is 0 Å². The average molecular weight is 231 g/mol. The van der Waals surface area contributed by atoms with Crippen LogP contribution in [0, 0.1) is 0 Å². The molecular formula is C14H21N3. The molecule has 3 rings (SSSR count). The van der Waals surface area contributed by atoms with Crippen LogP contribution in [0.1, 0.15) is 31.5 Å². The van der Waals surface area contributed by atoms with Crippen molar-refractivity contribution in [1.82, 2.24) is 10.3 Å². The lowest BCUT2D eigenvalue weighted by atomic mass is 10.0. The third-order valence-corrected chi connectivity index (χ3v) is 3.81. The Kier molecular flexibility index (Phi) is 2.58. The number of aryl methyl sites for hydroxylation is 2. The molecular weight excluding hydrogens is 210 g/mol. The van der Waals surface area contributed by atoms with Crippen LogP contribution >= 0.6 is 0 Å². The van der Waals surface area contributed by atoms with Crippen LogP contribution in [-0.4, -0.2) is 30.2 Å². The number of hydrogen-bond acceptors (Lipinski definition) is 3. The molecule has 0 aromatic carbocycles. The molecule has 1 aliphatic heterocycles. The Balaban J connectivity index is 1.84. The second-order valence-corrected chi connectivity index (χ2v) is 5.86. The molecule has 1 fully saturated rings. The van der Waals surface area contributed by atoms with Crippen LogP contribution in [0.3, 0.4) is 0 Å². The van der Waals surface area contributed by atoms with Crippen molar-refractivity contribution in [3.8, 4) is 0 Å². The standard InChI is InChI=1S/C14H21N3/c1-14(2)10-17(9-8-15-14)13-7-6-11-4-3-5-12(11)16-13/h6-7,15H,3-5,8-10H2,1-2H3. The molecule has 0 saturated carbocycles. The summed E-state index contributed by atoms with van der Waals surface area (Å²) in [6.07, 6.45) is 3.66. The van der Waals surface area contributed by atoms with Crippen molar-refractivity contribution in [2.45, 2.75) is 38.6 Å². The highest BCUT2D eigenvalue weighted by molar-refractivity contribution is 5.44. The minimum atomic E-state index is 0.193. The smallest absolute Gasteiger partial charge is 0.128 e. The minimum absolute atomic E-state index is 0.193. The summed E-state index contributed by atoms with van der Waals surface area (Å²) in [5, 5.41) is 3.54. The highest BCUT2D eigenvalue weighted by Crippen LogP contribution is 2.24. The number of rotatable bonds is 1. The van der Waals surface area contributed by atoms with Crippen molar-refractivity contribution >= 4 is 5.82 Å². The molecule has 0 unspecified atom stereocenters. The molecule has 3 nitrogen and oxygen atoms in total. The second kappa shape index (κ2) is 3.98. The van der Waals surface area contributed by atoms with Crippen LogP contribution in [0.2, 0.25) is 0 Å². The number of pyridine rings is 1. The lowest BCUT2D eigenvalue weighted by Gasteiger charge is -2.39. The van der Waals surface area contributed by atoms with E-state index < -0.39 is 0 Å². The van der Waals surface area contributed by atoms with Crippen molar-refractivity contribution in [1.29, 1.82) is 0 Å². The van der Waals surface area contributed by atoms with Crippen molar-refractivity contribution in [2.24, 2.45) is 0 Å². The first-order valence-corrected chi connectivity index (χ1v) is 6.63. The van der Waals surface area contributed by atoms with Gasteiger partial charge in [0, 0.05) is 30.9 Å². The SMILES string of the molecule is CC1(C)CN(c2ccc3c(n2)CCC3)CCN1. The van der Waals surface area contributed by atoms with Crippen LogP contribution < -0.4 is 10.2 Å². The molecule has 1 aromatic heterocycles. The lowest BCUT2D eigenvalue weighted by Crippen LogP contribution is -2.57. The summed E-state index contributed by atoms with van der Waals surface area (Å²) in [7, 11) is 0. The maximum absolute atomic E-state index is 4.84. The first kappa shape index (κ1) is 11.0. The molecule has 1 aromatic rings. The summed E-state index contributed by atoms with van der Waals surface area (Å²) in [6.45, 7) is 7.67. The van der Waals surface area contributed by atoms with Crippen LogP contribution in [-0.2, 0) is 12.8 Å². The molecule has 1 aliphatic carbocycles. The normalized spacial score (nSPS) is 22.6. The van der Waals surface area contributed by atoms with E-state index >= 15 is 0 Å². The molecule has 92 valence electrons. The Hall–Kier alpha value is -1.09. The van der Waals surface area contributed by atoms with Gasteiger partial charge in [-0.2, -0.15) is 0 Å². The maximum atomic E-state index is 4.84. The van der Waals surface area contributed by atoms with E-state index in [0.29, 0.717) is 0 Å². The van der Waals surface area contributed by atoms with Gasteiger partial charge in [0.1, 0.15) is 5.82 Å². The molecule has 0 bridgehead atoms. The van der Waals surface area contributed by atoms with Gasteiger partial charge in [-0.25, -0.2) is 4.98 Å². The van der Waals surface area contributed by atoms with Crippen LogP contribution in [0.25, 0.3) is 0 Å². The quantitative estimate of drug-likeness (QED) is 0.798. The zero-order valence-corrected chi connectivity index (χ0v) is 10.8. The third-order valence-electron chi connectivity index (χ3n) is 3.81. The van der Waals surface area contributed by atoms with Gasteiger partial charge in [0.15, 0.2) is 0 Å². The fourth-order valence-corrected chi connectivity index (χ4v) is 2.92. The summed E-state index contributed by atoms with van der Waals surface area (Å²) < 4.78 is 0. The number of fused-ring (bicyclic) bond motifs is 1. The molecule has 0 radical (unpaired) electrons. The van der Waals surface area contributed by atoms with Crippen molar-refractivity contribution in [3.63, 3.8) is 0 Å².